The minimum Gasteiger partial charge on any atom is -0.487 e. The first-order valence-electron chi connectivity index (χ1n) is 5.89. The van der Waals surface area contributed by atoms with E-state index in [-0.39, 0.29) is 22.9 Å². The largest absolute Gasteiger partial charge is 0.487 e. The summed E-state index contributed by atoms with van der Waals surface area (Å²) in [6.07, 6.45) is -4.40. The van der Waals surface area contributed by atoms with Gasteiger partial charge in [-0.15, -0.1) is 0 Å². The molecule has 0 aromatic heterocycles. The van der Waals surface area contributed by atoms with E-state index >= 15 is 0 Å². The monoisotopic (exact) mass is 311 g/mol. The highest BCUT2D eigenvalue weighted by Gasteiger charge is 2.30. The lowest BCUT2D eigenvalue weighted by atomic mass is 10.1. The molecule has 0 fully saturated rings. The first kappa shape index (κ1) is 15.2. The molecule has 2 rings (SSSR count). The van der Waals surface area contributed by atoms with Gasteiger partial charge in [0.25, 0.3) is 0 Å². The van der Waals surface area contributed by atoms with E-state index in [9.17, 15) is 13.2 Å². The van der Waals surface area contributed by atoms with Gasteiger partial charge in [-0.1, -0.05) is 29.8 Å². The minimum atomic E-state index is -4.40. The number of nitrogens with zero attached hydrogens (tertiary/aromatic N) is 1. The Labute approximate surface area is 124 Å². The van der Waals surface area contributed by atoms with Gasteiger partial charge in [0.2, 0.25) is 0 Å². The zero-order valence-corrected chi connectivity index (χ0v) is 11.4. The van der Waals surface area contributed by atoms with Gasteiger partial charge in [0.15, 0.2) is 0 Å². The molecule has 21 heavy (non-hydrogen) atoms. The van der Waals surface area contributed by atoms with Gasteiger partial charge in [-0.25, -0.2) is 0 Å². The van der Waals surface area contributed by atoms with Crippen molar-refractivity contribution in [1.82, 2.24) is 0 Å². The Hall–Kier alpha value is -2.19. The van der Waals surface area contributed by atoms with Crippen LogP contribution in [0.3, 0.4) is 0 Å². The number of benzene rings is 2. The lowest BCUT2D eigenvalue weighted by Gasteiger charge is -2.11. The summed E-state index contributed by atoms with van der Waals surface area (Å²) >= 11 is 5.85. The molecular formula is C15H9ClF3NO. The maximum absolute atomic E-state index is 12.6. The predicted molar refractivity (Wildman–Crippen MR) is 71.9 cm³/mol. The summed E-state index contributed by atoms with van der Waals surface area (Å²) in [5.74, 6) is 0.238. The smallest absolute Gasteiger partial charge is 0.416 e. The zero-order valence-electron chi connectivity index (χ0n) is 10.6. The summed E-state index contributed by atoms with van der Waals surface area (Å²) < 4.78 is 43.2. The summed E-state index contributed by atoms with van der Waals surface area (Å²) in [4.78, 5) is 0. The lowest BCUT2D eigenvalue weighted by molar-refractivity contribution is -0.137. The van der Waals surface area contributed by atoms with Crippen LogP contribution in [0.4, 0.5) is 13.2 Å². The first-order chi connectivity index (χ1) is 9.91. The van der Waals surface area contributed by atoms with E-state index < -0.39 is 11.7 Å². The van der Waals surface area contributed by atoms with Crippen LogP contribution in [0.5, 0.6) is 5.75 Å². The summed E-state index contributed by atoms with van der Waals surface area (Å²) in [7, 11) is 0. The van der Waals surface area contributed by atoms with Crippen LogP contribution in [0, 0.1) is 11.3 Å². The lowest BCUT2D eigenvalue weighted by Crippen LogP contribution is -2.06. The van der Waals surface area contributed by atoms with E-state index in [2.05, 4.69) is 0 Å². The minimum absolute atomic E-state index is 0.0844. The van der Waals surface area contributed by atoms with E-state index in [4.69, 9.17) is 21.6 Å². The van der Waals surface area contributed by atoms with Gasteiger partial charge in [-0.2, -0.15) is 18.4 Å². The Morgan fingerprint density at radius 3 is 2.52 bits per heavy atom. The predicted octanol–water partition coefficient (Wildman–Crippen LogP) is 4.81. The molecule has 0 aliphatic heterocycles. The molecule has 6 heteroatoms. The van der Waals surface area contributed by atoms with Crippen molar-refractivity contribution in [3.05, 3.63) is 64.2 Å². The van der Waals surface area contributed by atoms with E-state index in [0.29, 0.717) is 5.56 Å². The molecule has 108 valence electrons. The molecule has 2 aromatic carbocycles. The third kappa shape index (κ3) is 3.67. The molecule has 0 saturated carbocycles. The summed E-state index contributed by atoms with van der Waals surface area (Å²) in [5.41, 5.74) is -0.227. The van der Waals surface area contributed by atoms with Crippen molar-refractivity contribution in [2.24, 2.45) is 0 Å². The number of hydrogen-bond acceptors (Lipinski definition) is 2. The van der Waals surface area contributed by atoms with Gasteiger partial charge < -0.3 is 4.74 Å². The second kappa shape index (κ2) is 6.06. The van der Waals surface area contributed by atoms with Crippen molar-refractivity contribution in [2.45, 2.75) is 12.8 Å². The average Bonchev–Trinajstić information content (AvgIpc) is 2.44. The molecule has 2 nitrogen and oxygen atoms in total. The third-order valence-corrected chi connectivity index (χ3v) is 3.05. The standard InChI is InChI=1S/C15H9ClF3NO/c16-13-5-2-6-14(12(13)8-20)21-9-10-3-1-4-11(7-10)15(17,18)19/h1-7H,9H2. The highest BCUT2D eigenvalue weighted by molar-refractivity contribution is 6.31. The molecule has 0 heterocycles. The highest BCUT2D eigenvalue weighted by atomic mass is 35.5. The zero-order chi connectivity index (χ0) is 15.5. The van der Waals surface area contributed by atoms with Gasteiger partial charge >= 0.3 is 6.18 Å². The van der Waals surface area contributed by atoms with Gasteiger partial charge in [-0.05, 0) is 29.8 Å². The van der Waals surface area contributed by atoms with Crippen LogP contribution in [0.15, 0.2) is 42.5 Å². The van der Waals surface area contributed by atoms with Crippen molar-refractivity contribution in [3.63, 3.8) is 0 Å². The van der Waals surface area contributed by atoms with E-state index in [1.165, 1.54) is 24.3 Å². The molecule has 0 aliphatic carbocycles. The molecule has 0 bridgehead atoms. The Balaban J connectivity index is 2.18. The second-order valence-electron chi connectivity index (χ2n) is 4.21. The van der Waals surface area contributed by atoms with Crippen molar-refractivity contribution in [2.75, 3.05) is 0 Å². The molecule has 0 atom stereocenters. The molecular weight excluding hydrogens is 303 g/mol. The van der Waals surface area contributed by atoms with Crippen LogP contribution in [0.25, 0.3) is 0 Å². The highest BCUT2D eigenvalue weighted by Crippen LogP contribution is 2.30. The van der Waals surface area contributed by atoms with Gasteiger partial charge in [-0.3, -0.25) is 0 Å². The molecule has 0 amide bonds. The van der Waals surface area contributed by atoms with E-state index in [1.54, 1.807) is 6.07 Å². The molecule has 2 aromatic rings. The summed E-state index contributed by atoms with van der Waals surface area (Å²) in [5, 5.41) is 9.22. The SMILES string of the molecule is N#Cc1c(Cl)cccc1OCc1cccc(C(F)(F)F)c1. The summed E-state index contributed by atoms with van der Waals surface area (Å²) in [6, 6.07) is 11.4. The fraction of sp³-hybridized carbons (Fsp3) is 0.133. The van der Waals surface area contributed by atoms with Gasteiger partial charge in [0.05, 0.1) is 10.6 Å². The Kier molecular flexibility index (Phi) is 4.39. The fourth-order valence-electron chi connectivity index (χ4n) is 1.73. The molecule has 0 N–H and O–H groups in total. The normalized spacial score (nSPS) is 11.0. The molecule has 0 spiro atoms. The number of nitriles is 1. The van der Waals surface area contributed by atoms with Gasteiger partial charge in [0, 0.05) is 0 Å². The number of rotatable bonds is 3. The maximum Gasteiger partial charge on any atom is 0.416 e. The number of alkyl halides is 3. The topological polar surface area (TPSA) is 33.0 Å². The van der Waals surface area contributed by atoms with Crippen molar-refractivity contribution >= 4 is 11.6 Å². The van der Waals surface area contributed by atoms with Crippen LogP contribution in [0.2, 0.25) is 5.02 Å². The Morgan fingerprint density at radius 2 is 1.86 bits per heavy atom. The molecule has 0 radical (unpaired) electrons. The van der Waals surface area contributed by atoms with Crippen molar-refractivity contribution in [3.8, 4) is 11.8 Å². The number of halogens is 4. The number of ether oxygens (including phenoxy) is 1. The van der Waals surface area contributed by atoms with Gasteiger partial charge in [0.1, 0.15) is 24.0 Å². The average molecular weight is 312 g/mol. The molecule has 0 saturated heterocycles. The van der Waals surface area contributed by atoms with Crippen LogP contribution in [-0.4, -0.2) is 0 Å². The fourth-order valence-corrected chi connectivity index (χ4v) is 1.94. The maximum atomic E-state index is 12.6. The molecule has 0 aliphatic rings. The second-order valence-corrected chi connectivity index (χ2v) is 4.62. The van der Waals surface area contributed by atoms with Crippen molar-refractivity contribution < 1.29 is 17.9 Å². The van der Waals surface area contributed by atoms with E-state index in [0.717, 1.165) is 12.1 Å². The van der Waals surface area contributed by atoms with Crippen LogP contribution in [-0.2, 0) is 12.8 Å². The van der Waals surface area contributed by atoms with Crippen LogP contribution >= 0.6 is 11.6 Å². The summed E-state index contributed by atoms with van der Waals surface area (Å²) in [6.45, 7) is -0.0844. The Morgan fingerprint density at radius 1 is 1.14 bits per heavy atom. The Bertz CT molecular complexity index is 692. The van der Waals surface area contributed by atoms with Crippen LogP contribution in [0.1, 0.15) is 16.7 Å². The third-order valence-electron chi connectivity index (χ3n) is 2.74. The quantitative estimate of drug-likeness (QED) is 0.815. The first-order valence-corrected chi connectivity index (χ1v) is 6.27. The van der Waals surface area contributed by atoms with Crippen LogP contribution < -0.4 is 4.74 Å². The van der Waals surface area contributed by atoms with E-state index in [1.807, 2.05) is 6.07 Å². The van der Waals surface area contributed by atoms with Crippen molar-refractivity contribution in [1.29, 1.82) is 5.26 Å². The number of hydrogen-bond donors (Lipinski definition) is 0. The molecule has 0 unspecified atom stereocenters.